The molecule has 0 spiro atoms. The molecular formula is C23H35IN6. The van der Waals surface area contributed by atoms with Crippen molar-refractivity contribution in [2.45, 2.75) is 38.9 Å². The van der Waals surface area contributed by atoms with Gasteiger partial charge in [0.15, 0.2) is 5.96 Å². The van der Waals surface area contributed by atoms with E-state index in [0.29, 0.717) is 12.6 Å². The van der Waals surface area contributed by atoms with E-state index >= 15 is 0 Å². The molecule has 0 aliphatic carbocycles. The van der Waals surface area contributed by atoms with Gasteiger partial charge in [0.05, 0.1) is 6.54 Å². The van der Waals surface area contributed by atoms with Gasteiger partial charge in [-0.25, -0.2) is 9.98 Å². The van der Waals surface area contributed by atoms with Gasteiger partial charge in [0, 0.05) is 46.0 Å². The highest BCUT2D eigenvalue weighted by molar-refractivity contribution is 14.0. The molecule has 1 aliphatic rings. The summed E-state index contributed by atoms with van der Waals surface area (Å²) >= 11 is 0. The molecule has 0 bridgehead atoms. The van der Waals surface area contributed by atoms with E-state index in [0.717, 1.165) is 37.0 Å². The minimum atomic E-state index is 0. The van der Waals surface area contributed by atoms with Crippen molar-refractivity contribution in [2.24, 2.45) is 4.99 Å². The van der Waals surface area contributed by atoms with Crippen LogP contribution in [0.3, 0.4) is 0 Å². The molecule has 7 heteroatoms. The van der Waals surface area contributed by atoms with Crippen molar-refractivity contribution in [2.75, 3.05) is 38.6 Å². The van der Waals surface area contributed by atoms with Crippen LogP contribution in [0.25, 0.3) is 0 Å². The van der Waals surface area contributed by atoms with E-state index in [-0.39, 0.29) is 24.0 Å². The molecule has 0 radical (unpaired) electrons. The Labute approximate surface area is 198 Å². The van der Waals surface area contributed by atoms with Crippen molar-refractivity contribution in [1.29, 1.82) is 0 Å². The molecule has 164 valence electrons. The fourth-order valence-corrected chi connectivity index (χ4v) is 3.68. The summed E-state index contributed by atoms with van der Waals surface area (Å²) in [5.41, 5.74) is 2.54. The third-order valence-electron chi connectivity index (χ3n) is 5.26. The van der Waals surface area contributed by atoms with Gasteiger partial charge in [0.25, 0.3) is 0 Å². The maximum Gasteiger partial charge on any atom is 0.191 e. The van der Waals surface area contributed by atoms with Crippen LogP contribution in [-0.2, 0) is 13.1 Å². The van der Waals surface area contributed by atoms with Gasteiger partial charge < -0.3 is 15.5 Å². The Bertz CT molecular complexity index is 780. The Kier molecular flexibility index (Phi) is 10.4. The zero-order chi connectivity index (χ0) is 20.5. The number of likely N-dealkylation sites (tertiary alicyclic amines) is 1. The van der Waals surface area contributed by atoms with Crippen molar-refractivity contribution in [3.8, 4) is 0 Å². The van der Waals surface area contributed by atoms with Gasteiger partial charge in [-0.15, -0.1) is 24.0 Å². The molecule has 1 atom stereocenters. The lowest BCUT2D eigenvalue weighted by Gasteiger charge is -2.25. The Morgan fingerprint density at radius 1 is 1.17 bits per heavy atom. The summed E-state index contributed by atoms with van der Waals surface area (Å²) in [4.78, 5) is 13.8. The largest absolute Gasteiger partial charge is 0.363 e. The smallest absolute Gasteiger partial charge is 0.191 e. The number of pyridine rings is 1. The average Bonchev–Trinajstić information content (AvgIpc) is 3.18. The zero-order valence-corrected chi connectivity index (χ0v) is 20.7. The van der Waals surface area contributed by atoms with Gasteiger partial charge in [-0.2, -0.15) is 0 Å². The highest BCUT2D eigenvalue weighted by Crippen LogP contribution is 2.19. The number of hydrogen-bond acceptors (Lipinski definition) is 4. The van der Waals surface area contributed by atoms with Crippen molar-refractivity contribution < 1.29 is 0 Å². The van der Waals surface area contributed by atoms with Crippen LogP contribution >= 0.6 is 24.0 Å². The Morgan fingerprint density at radius 3 is 2.70 bits per heavy atom. The maximum absolute atomic E-state index is 4.78. The van der Waals surface area contributed by atoms with E-state index in [2.05, 4.69) is 63.8 Å². The first-order valence-corrected chi connectivity index (χ1v) is 10.6. The average molecular weight is 522 g/mol. The van der Waals surface area contributed by atoms with E-state index in [4.69, 9.17) is 4.99 Å². The molecule has 3 rings (SSSR count). The molecule has 0 amide bonds. The standard InChI is InChI=1S/C23H34N6.HI/c1-4-24-23(26-16-20-12-13-25-22(15-20)28(2)3)27-17-21-11-8-14-29(21)18-19-9-6-5-7-10-19;/h5-7,9-10,12-13,15,21H,4,8,11,14,16-18H2,1-3H3,(H2,24,26,27);1H. The number of guanidine groups is 1. The van der Waals surface area contributed by atoms with Crippen LogP contribution in [0.4, 0.5) is 5.82 Å². The number of anilines is 1. The highest BCUT2D eigenvalue weighted by atomic mass is 127. The maximum atomic E-state index is 4.78. The molecule has 1 aliphatic heterocycles. The van der Waals surface area contributed by atoms with Crippen molar-refractivity contribution in [3.63, 3.8) is 0 Å². The third kappa shape index (κ3) is 7.43. The molecule has 1 fully saturated rings. The van der Waals surface area contributed by atoms with Crippen LogP contribution in [0.1, 0.15) is 30.9 Å². The summed E-state index contributed by atoms with van der Waals surface area (Å²) in [6.07, 6.45) is 4.34. The second-order valence-corrected chi connectivity index (χ2v) is 7.74. The van der Waals surface area contributed by atoms with Crippen LogP contribution in [-0.4, -0.2) is 55.6 Å². The van der Waals surface area contributed by atoms with Crippen molar-refractivity contribution in [3.05, 3.63) is 59.8 Å². The van der Waals surface area contributed by atoms with Crippen molar-refractivity contribution in [1.82, 2.24) is 20.5 Å². The molecule has 1 saturated heterocycles. The summed E-state index contributed by atoms with van der Waals surface area (Å²) in [5.74, 6) is 1.83. The lowest BCUT2D eigenvalue weighted by molar-refractivity contribution is 0.245. The Hall–Kier alpha value is -1.87. The number of hydrogen-bond donors (Lipinski definition) is 2. The number of aromatic nitrogens is 1. The Morgan fingerprint density at radius 2 is 1.97 bits per heavy atom. The zero-order valence-electron chi connectivity index (χ0n) is 18.3. The molecular weight excluding hydrogens is 487 g/mol. The predicted molar refractivity (Wildman–Crippen MR) is 137 cm³/mol. The summed E-state index contributed by atoms with van der Waals surface area (Å²) in [6.45, 7) is 6.69. The van der Waals surface area contributed by atoms with E-state index in [1.807, 2.05) is 31.3 Å². The number of benzene rings is 1. The van der Waals surface area contributed by atoms with E-state index in [1.165, 1.54) is 24.9 Å². The lowest BCUT2D eigenvalue weighted by Crippen LogP contribution is -2.44. The van der Waals surface area contributed by atoms with Crippen LogP contribution in [0.2, 0.25) is 0 Å². The molecule has 2 heterocycles. The fourth-order valence-electron chi connectivity index (χ4n) is 3.68. The van der Waals surface area contributed by atoms with Crippen LogP contribution in [0.15, 0.2) is 53.7 Å². The summed E-state index contributed by atoms with van der Waals surface area (Å²) in [6, 6.07) is 15.4. The van der Waals surface area contributed by atoms with E-state index in [9.17, 15) is 0 Å². The minimum absolute atomic E-state index is 0. The van der Waals surface area contributed by atoms with Gasteiger partial charge in [-0.3, -0.25) is 4.90 Å². The lowest BCUT2D eigenvalue weighted by atomic mass is 10.2. The SMILES string of the molecule is CCNC(=NCc1ccnc(N(C)C)c1)NCC1CCCN1Cc1ccccc1.I. The normalized spacial score (nSPS) is 16.8. The minimum Gasteiger partial charge on any atom is -0.363 e. The predicted octanol–water partition coefficient (Wildman–Crippen LogP) is 3.49. The summed E-state index contributed by atoms with van der Waals surface area (Å²) < 4.78 is 0. The number of nitrogens with one attached hydrogen (secondary N) is 2. The quantitative estimate of drug-likeness (QED) is 0.316. The van der Waals surface area contributed by atoms with Gasteiger partial charge in [-0.1, -0.05) is 30.3 Å². The fraction of sp³-hybridized carbons (Fsp3) is 0.478. The topological polar surface area (TPSA) is 55.8 Å². The second-order valence-electron chi connectivity index (χ2n) is 7.74. The molecule has 6 nitrogen and oxygen atoms in total. The van der Waals surface area contributed by atoms with Gasteiger partial charge in [0.2, 0.25) is 0 Å². The summed E-state index contributed by atoms with van der Waals surface area (Å²) in [5, 5.41) is 6.93. The highest BCUT2D eigenvalue weighted by Gasteiger charge is 2.24. The van der Waals surface area contributed by atoms with E-state index in [1.54, 1.807) is 0 Å². The third-order valence-corrected chi connectivity index (χ3v) is 5.26. The first-order chi connectivity index (χ1) is 14.2. The first kappa shape index (κ1) is 24.4. The van der Waals surface area contributed by atoms with Gasteiger partial charge >= 0.3 is 0 Å². The molecule has 1 unspecified atom stereocenters. The second kappa shape index (κ2) is 12.7. The number of nitrogens with zero attached hydrogens (tertiary/aromatic N) is 4. The molecule has 30 heavy (non-hydrogen) atoms. The van der Waals surface area contributed by atoms with Crippen molar-refractivity contribution >= 4 is 35.8 Å². The van der Waals surface area contributed by atoms with Crippen LogP contribution in [0.5, 0.6) is 0 Å². The molecule has 1 aromatic carbocycles. The first-order valence-electron chi connectivity index (χ1n) is 10.6. The van der Waals surface area contributed by atoms with Gasteiger partial charge in [-0.05, 0) is 49.6 Å². The number of rotatable bonds is 8. The van der Waals surface area contributed by atoms with Gasteiger partial charge in [0.1, 0.15) is 5.82 Å². The number of aliphatic imine (C=N–C) groups is 1. The van der Waals surface area contributed by atoms with Crippen LogP contribution < -0.4 is 15.5 Å². The molecule has 0 saturated carbocycles. The van der Waals surface area contributed by atoms with E-state index < -0.39 is 0 Å². The van der Waals surface area contributed by atoms with Crippen LogP contribution in [0, 0.1) is 0 Å². The monoisotopic (exact) mass is 522 g/mol. The molecule has 1 aromatic heterocycles. The summed E-state index contributed by atoms with van der Waals surface area (Å²) in [7, 11) is 4.01. The molecule has 2 N–H and O–H groups in total. The molecule has 2 aromatic rings. The number of halogens is 1. The Balaban J connectivity index is 0.00000320.